The Hall–Kier alpha value is -2.03. The van der Waals surface area contributed by atoms with E-state index >= 15 is 0 Å². The maximum absolute atomic E-state index is 10.7. The van der Waals surface area contributed by atoms with E-state index in [0.717, 1.165) is 29.7 Å². The highest BCUT2D eigenvalue weighted by Gasteiger charge is 2.15. The van der Waals surface area contributed by atoms with Gasteiger partial charge in [0.25, 0.3) is 0 Å². The van der Waals surface area contributed by atoms with Crippen LogP contribution in [0.5, 0.6) is 5.75 Å². The Balaban J connectivity index is 2.12. The molecule has 1 heterocycles. The molecule has 0 aliphatic carbocycles. The molecule has 0 bridgehead atoms. The van der Waals surface area contributed by atoms with Crippen molar-refractivity contribution >= 4 is 16.7 Å². The quantitative estimate of drug-likeness (QED) is 0.858. The molecule has 0 spiro atoms. The van der Waals surface area contributed by atoms with E-state index in [1.54, 1.807) is 0 Å². The van der Waals surface area contributed by atoms with Gasteiger partial charge < -0.3 is 9.84 Å². The van der Waals surface area contributed by atoms with Gasteiger partial charge in [-0.2, -0.15) is 0 Å². The van der Waals surface area contributed by atoms with E-state index < -0.39 is 5.97 Å². The van der Waals surface area contributed by atoms with Crippen LogP contribution in [0, 0.1) is 0 Å². The Kier molecular flexibility index (Phi) is 2.25. The fourth-order valence-corrected chi connectivity index (χ4v) is 2.36. The maximum Gasteiger partial charge on any atom is 0.307 e. The van der Waals surface area contributed by atoms with Crippen LogP contribution in [0.3, 0.4) is 0 Å². The number of ether oxygens (including phenoxy) is 1. The number of carboxylic acid groups (broad SMARTS) is 1. The zero-order chi connectivity index (χ0) is 11.8. The van der Waals surface area contributed by atoms with Crippen molar-refractivity contribution in [2.24, 2.45) is 0 Å². The Morgan fingerprint density at radius 2 is 2.18 bits per heavy atom. The van der Waals surface area contributed by atoms with Crippen LogP contribution in [0.25, 0.3) is 10.8 Å². The average Bonchev–Trinajstić information content (AvgIpc) is 2.76. The molecule has 3 rings (SSSR count). The van der Waals surface area contributed by atoms with Crippen molar-refractivity contribution in [3.05, 3.63) is 41.5 Å². The SMILES string of the molecule is O=C(O)Cc1ccc2c3c(ccc2c1)OCC3. The molecular weight excluding hydrogens is 216 g/mol. The minimum atomic E-state index is -0.797. The lowest BCUT2D eigenvalue weighted by Gasteiger charge is -2.05. The van der Waals surface area contributed by atoms with Crippen molar-refractivity contribution in [3.63, 3.8) is 0 Å². The molecule has 0 saturated heterocycles. The first-order chi connectivity index (χ1) is 8.24. The monoisotopic (exact) mass is 228 g/mol. The van der Waals surface area contributed by atoms with Gasteiger partial charge in [0.2, 0.25) is 0 Å². The highest BCUT2D eigenvalue weighted by molar-refractivity contribution is 5.89. The van der Waals surface area contributed by atoms with E-state index in [9.17, 15) is 4.79 Å². The number of hydrogen-bond donors (Lipinski definition) is 1. The summed E-state index contributed by atoms with van der Waals surface area (Å²) in [4.78, 5) is 10.7. The number of aliphatic carboxylic acids is 1. The van der Waals surface area contributed by atoms with Crippen molar-refractivity contribution in [2.75, 3.05) is 6.61 Å². The molecule has 0 radical (unpaired) electrons. The largest absolute Gasteiger partial charge is 0.493 e. The lowest BCUT2D eigenvalue weighted by molar-refractivity contribution is -0.136. The summed E-state index contributed by atoms with van der Waals surface area (Å²) >= 11 is 0. The molecule has 0 saturated carbocycles. The Labute approximate surface area is 98.6 Å². The summed E-state index contributed by atoms with van der Waals surface area (Å²) in [6.45, 7) is 0.741. The molecule has 0 fully saturated rings. The second kappa shape index (κ2) is 3.77. The van der Waals surface area contributed by atoms with Crippen LogP contribution < -0.4 is 4.74 Å². The summed E-state index contributed by atoms with van der Waals surface area (Å²) in [7, 11) is 0. The highest BCUT2D eigenvalue weighted by Crippen LogP contribution is 2.32. The lowest BCUT2D eigenvalue weighted by atomic mass is 9.99. The number of rotatable bonds is 2. The topological polar surface area (TPSA) is 46.5 Å². The number of hydrogen-bond acceptors (Lipinski definition) is 2. The number of fused-ring (bicyclic) bond motifs is 3. The fraction of sp³-hybridized carbons (Fsp3) is 0.214. The minimum Gasteiger partial charge on any atom is -0.493 e. The zero-order valence-electron chi connectivity index (χ0n) is 9.27. The van der Waals surface area contributed by atoms with E-state index in [1.165, 1.54) is 10.9 Å². The van der Waals surface area contributed by atoms with Gasteiger partial charge in [-0.25, -0.2) is 0 Å². The fourth-order valence-electron chi connectivity index (χ4n) is 2.36. The smallest absolute Gasteiger partial charge is 0.307 e. The third kappa shape index (κ3) is 1.73. The summed E-state index contributed by atoms with van der Waals surface area (Å²) in [5, 5.41) is 11.0. The van der Waals surface area contributed by atoms with Crippen LogP contribution in [0.2, 0.25) is 0 Å². The number of carbonyl (C=O) groups is 1. The standard InChI is InChI=1S/C14H12O3/c15-14(16)8-9-1-3-11-10(7-9)2-4-13-12(11)5-6-17-13/h1-4,7H,5-6,8H2,(H,15,16). The first-order valence-electron chi connectivity index (χ1n) is 5.63. The summed E-state index contributed by atoms with van der Waals surface area (Å²) in [5.74, 6) is 0.164. The van der Waals surface area contributed by atoms with Gasteiger partial charge in [-0.1, -0.05) is 24.3 Å². The van der Waals surface area contributed by atoms with Crippen LogP contribution in [0.4, 0.5) is 0 Å². The van der Waals surface area contributed by atoms with Crippen molar-refractivity contribution < 1.29 is 14.6 Å². The van der Waals surface area contributed by atoms with E-state index in [1.807, 2.05) is 30.3 Å². The highest BCUT2D eigenvalue weighted by atomic mass is 16.5. The average molecular weight is 228 g/mol. The zero-order valence-corrected chi connectivity index (χ0v) is 9.27. The predicted octanol–water partition coefficient (Wildman–Crippen LogP) is 2.40. The van der Waals surface area contributed by atoms with Gasteiger partial charge in [0, 0.05) is 12.0 Å². The Morgan fingerprint density at radius 3 is 3.00 bits per heavy atom. The Morgan fingerprint density at radius 1 is 1.29 bits per heavy atom. The Bertz CT molecular complexity index is 602. The van der Waals surface area contributed by atoms with Crippen LogP contribution in [-0.2, 0) is 17.6 Å². The molecule has 3 nitrogen and oxygen atoms in total. The molecule has 17 heavy (non-hydrogen) atoms. The molecule has 0 atom stereocenters. The van der Waals surface area contributed by atoms with Crippen molar-refractivity contribution in [3.8, 4) is 5.75 Å². The molecular formula is C14H12O3. The van der Waals surface area contributed by atoms with Crippen molar-refractivity contribution in [1.82, 2.24) is 0 Å². The molecule has 0 aromatic heterocycles. The van der Waals surface area contributed by atoms with Crippen molar-refractivity contribution in [1.29, 1.82) is 0 Å². The molecule has 1 aliphatic rings. The normalized spacial score (nSPS) is 13.4. The van der Waals surface area contributed by atoms with Crippen LogP contribution in [0.15, 0.2) is 30.3 Å². The van der Waals surface area contributed by atoms with Gasteiger partial charge >= 0.3 is 5.97 Å². The van der Waals surface area contributed by atoms with E-state index in [0.29, 0.717) is 0 Å². The molecule has 0 unspecified atom stereocenters. The second-order valence-corrected chi connectivity index (χ2v) is 4.27. The summed E-state index contributed by atoms with van der Waals surface area (Å²) < 4.78 is 5.51. The minimum absolute atomic E-state index is 0.0729. The first kappa shape index (κ1) is 10.1. The van der Waals surface area contributed by atoms with E-state index in [2.05, 4.69) is 0 Å². The van der Waals surface area contributed by atoms with Crippen molar-refractivity contribution in [2.45, 2.75) is 12.8 Å². The molecule has 1 N–H and O–H groups in total. The maximum atomic E-state index is 10.7. The van der Waals surface area contributed by atoms with Gasteiger partial charge in [-0.05, 0) is 22.4 Å². The predicted molar refractivity (Wildman–Crippen MR) is 64.5 cm³/mol. The van der Waals surface area contributed by atoms with E-state index in [-0.39, 0.29) is 6.42 Å². The molecule has 2 aromatic carbocycles. The molecule has 0 amide bonds. The van der Waals surface area contributed by atoms with Crippen LogP contribution in [0.1, 0.15) is 11.1 Å². The van der Waals surface area contributed by atoms with Gasteiger partial charge in [-0.15, -0.1) is 0 Å². The van der Waals surface area contributed by atoms with Crippen LogP contribution in [-0.4, -0.2) is 17.7 Å². The number of carboxylic acids is 1. The lowest BCUT2D eigenvalue weighted by Crippen LogP contribution is -1.99. The van der Waals surface area contributed by atoms with E-state index in [4.69, 9.17) is 9.84 Å². The molecule has 2 aromatic rings. The second-order valence-electron chi connectivity index (χ2n) is 4.27. The van der Waals surface area contributed by atoms with Gasteiger partial charge in [-0.3, -0.25) is 4.79 Å². The van der Waals surface area contributed by atoms with Gasteiger partial charge in [0.05, 0.1) is 13.0 Å². The first-order valence-corrected chi connectivity index (χ1v) is 5.63. The third-order valence-electron chi connectivity index (χ3n) is 3.12. The van der Waals surface area contributed by atoms with Crippen LogP contribution >= 0.6 is 0 Å². The molecule has 86 valence electrons. The van der Waals surface area contributed by atoms with Gasteiger partial charge in [0.15, 0.2) is 0 Å². The number of benzene rings is 2. The van der Waals surface area contributed by atoms with Gasteiger partial charge in [0.1, 0.15) is 5.75 Å². The summed E-state index contributed by atoms with van der Waals surface area (Å²) in [6.07, 6.45) is 1.01. The summed E-state index contributed by atoms with van der Waals surface area (Å²) in [5.41, 5.74) is 2.08. The molecule has 3 heteroatoms. The summed E-state index contributed by atoms with van der Waals surface area (Å²) in [6, 6.07) is 9.79. The molecule has 1 aliphatic heterocycles. The third-order valence-corrected chi connectivity index (χ3v) is 3.12.